The summed E-state index contributed by atoms with van der Waals surface area (Å²) in [5.41, 5.74) is 3.51. The van der Waals surface area contributed by atoms with Gasteiger partial charge in [0.2, 0.25) is 0 Å². The lowest BCUT2D eigenvalue weighted by atomic mass is 10.1. The molecule has 0 aliphatic carbocycles. The number of carbonyl (C=O) groups excluding carboxylic acids is 1. The lowest BCUT2D eigenvalue weighted by molar-refractivity contribution is -0.137. The third-order valence-electron chi connectivity index (χ3n) is 2.11. The second-order valence-electron chi connectivity index (χ2n) is 3.56. The van der Waals surface area contributed by atoms with Gasteiger partial charge in [0.15, 0.2) is 0 Å². The van der Waals surface area contributed by atoms with Crippen LogP contribution in [0.4, 0.5) is 13.2 Å². The number of aldehydes is 1. The topological polar surface area (TPSA) is 17.1 Å². The Bertz CT molecular complexity index is 449. The molecule has 0 heterocycles. The number of halogens is 3. The van der Waals surface area contributed by atoms with E-state index in [-0.39, 0.29) is 6.42 Å². The van der Waals surface area contributed by atoms with E-state index in [9.17, 15) is 18.0 Å². The molecule has 0 saturated carbocycles. The standard InChI is InChI=1S/C13H11F3O/c1-10(8-9-17)2-3-11-4-6-12(7-5-11)13(14,15)16/h3-7,9H,8H2,1H3. The molecule has 0 radical (unpaired) electrons. The van der Waals surface area contributed by atoms with Crippen molar-refractivity contribution in [3.63, 3.8) is 0 Å². The first kappa shape index (κ1) is 13.3. The highest BCUT2D eigenvalue weighted by atomic mass is 19.4. The van der Waals surface area contributed by atoms with Crippen molar-refractivity contribution in [2.24, 2.45) is 0 Å². The van der Waals surface area contributed by atoms with Crippen molar-refractivity contribution in [2.45, 2.75) is 19.5 Å². The molecule has 0 saturated heterocycles. The van der Waals surface area contributed by atoms with E-state index in [4.69, 9.17) is 0 Å². The predicted molar refractivity (Wildman–Crippen MR) is 59.3 cm³/mol. The fraction of sp³-hybridized carbons (Fsp3) is 0.231. The van der Waals surface area contributed by atoms with Crippen molar-refractivity contribution in [3.8, 4) is 0 Å². The van der Waals surface area contributed by atoms with Crippen LogP contribution < -0.4 is 0 Å². The monoisotopic (exact) mass is 240 g/mol. The van der Waals surface area contributed by atoms with Crippen LogP contribution in [0.1, 0.15) is 24.5 Å². The molecule has 0 amide bonds. The summed E-state index contributed by atoms with van der Waals surface area (Å²) < 4.78 is 36.8. The number of allylic oxidation sites excluding steroid dienone is 1. The fourth-order valence-electron chi connectivity index (χ4n) is 1.16. The van der Waals surface area contributed by atoms with E-state index >= 15 is 0 Å². The zero-order valence-corrected chi connectivity index (χ0v) is 9.21. The highest BCUT2D eigenvalue weighted by molar-refractivity contribution is 5.56. The summed E-state index contributed by atoms with van der Waals surface area (Å²) in [5, 5.41) is 0. The van der Waals surface area contributed by atoms with Gasteiger partial charge in [0.05, 0.1) is 5.56 Å². The second-order valence-corrected chi connectivity index (χ2v) is 3.56. The quantitative estimate of drug-likeness (QED) is 0.579. The van der Waals surface area contributed by atoms with Gasteiger partial charge in [0.1, 0.15) is 6.29 Å². The number of rotatable bonds is 3. The van der Waals surface area contributed by atoms with Gasteiger partial charge in [-0.15, -0.1) is 5.73 Å². The van der Waals surface area contributed by atoms with E-state index < -0.39 is 11.7 Å². The van der Waals surface area contributed by atoms with Crippen molar-refractivity contribution in [1.82, 2.24) is 0 Å². The molecule has 0 aliphatic heterocycles. The fourth-order valence-corrected chi connectivity index (χ4v) is 1.16. The van der Waals surface area contributed by atoms with Crippen molar-refractivity contribution in [1.29, 1.82) is 0 Å². The molecule has 0 N–H and O–H groups in total. The molecule has 1 aromatic rings. The first-order chi connectivity index (χ1) is 7.93. The molecule has 0 aromatic heterocycles. The number of hydrogen-bond donors (Lipinski definition) is 0. The predicted octanol–water partition coefficient (Wildman–Crippen LogP) is 3.85. The van der Waals surface area contributed by atoms with Crippen LogP contribution in [-0.2, 0) is 11.0 Å². The van der Waals surface area contributed by atoms with E-state index in [2.05, 4.69) is 5.73 Å². The molecular formula is C13H11F3O. The molecule has 90 valence electrons. The van der Waals surface area contributed by atoms with E-state index in [1.807, 2.05) is 0 Å². The Kier molecular flexibility index (Phi) is 4.30. The third kappa shape index (κ3) is 4.29. The van der Waals surface area contributed by atoms with E-state index in [1.54, 1.807) is 13.0 Å². The van der Waals surface area contributed by atoms with Crippen LogP contribution in [-0.4, -0.2) is 6.29 Å². The molecule has 4 heteroatoms. The minimum Gasteiger partial charge on any atom is -0.303 e. The third-order valence-corrected chi connectivity index (χ3v) is 2.11. The number of alkyl halides is 3. The summed E-state index contributed by atoms with van der Waals surface area (Å²) in [7, 11) is 0. The first-order valence-electron chi connectivity index (χ1n) is 4.96. The Hall–Kier alpha value is -1.80. The first-order valence-corrected chi connectivity index (χ1v) is 4.96. The van der Waals surface area contributed by atoms with Gasteiger partial charge in [0, 0.05) is 6.42 Å². The molecule has 0 spiro atoms. The van der Waals surface area contributed by atoms with Crippen molar-refractivity contribution in [2.75, 3.05) is 0 Å². The number of carbonyl (C=O) groups is 1. The average molecular weight is 240 g/mol. The molecular weight excluding hydrogens is 229 g/mol. The maximum absolute atomic E-state index is 12.3. The van der Waals surface area contributed by atoms with Gasteiger partial charge in [-0.2, -0.15) is 13.2 Å². The van der Waals surface area contributed by atoms with Gasteiger partial charge < -0.3 is 4.79 Å². The molecule has 0 unspecified atom stereocenters. The minimum atomic E-state index is -4.31. The molecule has 0 aliphatic rings. The molecule has 0 bridgehead atoms. The summed E-state index contributed by atoms with van der Waals surface area (Å²) in [6.07, 6.45) is -1.73. The Morgan fingerprint density at radius 3 is 2.35 bits per heavy atom. The van der Waals surface area contributed by atoms with Crippen molar-refractivity contribution >= 4 is 12.4 Å². The summed E-state index contributed by atoms with van der Waals surface area (Å²) in [5.74, 6) is 0. The molecule has 17 heavy (non-hydrogen) atoms. The van der Waals surface area contributed by atoms with Crippen molar-refractivity contribution in [3.05, 3.63) is 46.7 Å². The Labute approximate surface area is 97.3 Å². The Morgan fingerprint density at radius 1 is 1.29 bits per heavy atom. The number of hydrogen-bond acceptors (Lipinski definition) is 1. The highest BCUT2D eigenvalue weighted by Gasteiger charge is 2.29. The summed E-state index contributed by atoms with van der Waals surface area (Å²) in [6.45, 7) is 1.73. The highest BCUT2D eigenvalue weighted by Crippen LogP contribution is 2.29. The van der Waals surface area contributed by atoms with Gasteiger partial charge in [-0.25, -0.2) is 0 Å². The smallest absolute Gasteiger partial charge is 0.303 e. The van der Waals surface area contributed by atoms with Crippen LogP contribution in [0.3, 0.4) is 0 Å². The molecule has 0 atom stereocenters. The average Bonchev–Trinajstić information content (AvgIpc) is 2.26. The largest absolute Gasteiger partial charge is 0.416 e. The maximum atomic E-state index is 12.3. The summed E-state index contributed by atoms with van der Waals surface area (Å²) in [6, 6.07) is 4.76. The molecule has 1 nitrogen and oxygen atoms in total. The number of benzene rings is 1. The lowest BCUT2D eigenvalue weighted by Gasteiger charge is -2.05. The van der Waals surface area contributed by atoms with E-state index in [0.29, 0.717) is 5.56 Å². The normalized spacial score (nSPS) is 10.6. The van der Waals surface area contributed by atoms with Crippen LogP contribution in [0.25, 0.3) is 6.08 Å². The zero-order valence-electron chi connectivity index (χ0n) is 9.21. The SMILES string of the molecule is CC(=C=Cc1ccc(C(F)(F)F)cc1)CC=O. The van der Waals surface area contributed by atoms with Gasteiger partial charge in [-0.1, -0.05) is 12.1 Å². The summed E-state index contributed by atoms with van der Waals surface area (Å²) in [4.78, 5) is 10.2. The van der Waals surface area contributed by atoms with E-state index in [0.717, 1.165) is 24.0 Å². The van der Waals surface area contributed by atoms with Gasteiger partial charge in [-0.3, -0.25) is 0 Å². The zero-order chi connectivity index (χ0) is 12.9. The minimum absolute atomic E-state index is 0.275. The molecule has 1 rings (SSSR count). The van der Waals surface area contributed by atoms with Gasteiger partial charge >= 0.3 is 6.18 Å². The lowest BCUT2D eigenvalue weighted by Crippen LogP contribution is -2.03. The Balaban J connectivity index is 2.89. The molecule has 1 aromatic carbocycles. The van der Waals surface area contributed by atoms with Crippen LogP contribution >= 0.6 is 0 Å². The maximum Gasteiger partial charge on any atom is 0.416 e. The Morgan fingerprint density at radius 2 is 1.88 bits per heavy atom. The van der Waals surface area contributed by atoms with Gasteiger partial charge in [0.25, 0.3) is 0 Å². The van der Waals surface area contributed by atoms with E-state index in [1.165, 1.54) is 12.1 Å². The van der Waals surface area contributed by atoms with Crippen LogP contribution in [0.2, 0.25) is 0 Å². The molecule has 0 fully saturated rings. The van der Waals surface area contributed by atoms with Gasteiger partial charge in [-0.05, 0) is 36.3 Å². The van der Waals surface area contributed by atoms with Crippen LogP contribution in [0.15, 0.2) is 35.6 Å². The summed E-state index contributed by atoms with van der Waals surface area (Å²) >= 11 is 0. The van der Waals surface area contributed by atoms with Crippen molar-refractivity contribution < 1.29 is 18.0 Å². The van der Waals surface area contributed by atoms with Crippen LogP contribution in [0, 0.1) is 0 Å². The van der Waals surface area contributed by atoms with Crippen LogP contribution in [0.5, 0.6) is 0 Å². The second kappa shape index (κ2) is 5.51.